The van der Waals surface area contributed by atoms with E-state index in [1.807, 2.05) is 33.0 Å². The van der Waals surface area contributed by atoms with E-state index in [-0.39, 0.29) is 0 Å². The van der Waals surface area contributed by atoms with Crippen molar-refractivity contribution in [2.45, 2.75) is 20.8 Å². The molecule has 1 aromatic rings. The molecule has 1 N–H and O–H groups in total. The molecule has 0 aliphatic heterocycles. The Morgan fingerprint density at radius 3 is 2.23 bits per heavy atom. The van der Waals surface area contributed by atoms with Gasteiger partial charge in [0, 0.05) is 19.4 Å². The molecule has 3 heteroatoms. The van der Waals surface area contributed by atoms with Gasteiger partial charge in [-0.1, -0.05) is 13.8 Å². The van der Waals surface area contributed by atoms with Crippen LogP contribution in [0.15, 0.2) is 24.5 Å². The molecule has 0 radical (unpaired) electrons. The second-order valence-electron chi connectivity index (χ2n) is 1.73. The van der Waals surface area contributed by atoms with Crippen LogP contribution in [0.5, 0.6) is 0 Å². The first kappa shape index (κ1) is 14.2. The number of nitrogens with one attached hydrogen (secondary N) is 1. The third-order valence-corrected chi connectivity index (χ3v) is 0.950. The van der Waals surface area contributed by atoms with Crippen molar-refractivity contribution in [3.8, 4) is 0 Å². The molecule has 0 aliphatic rings. The number of carbonyl (C=O) groups is 1. The highest BCUT2D eigenvalue weighted by molar-refractivity contribution is 5.44. The average molecular weight is 182 g/mol. The minimum absolute atomic E-state index is 0.750. The van der Waals surface area contributed by atoms with Crippen LogP contribution in [0, 0.1) is 0 Å². The van der Waals surface area contributed by atoms with Gasteiger partial charge in [-0.3, -0.25) is 4.98 Å². The third kappa shape index (κ3) is 10.6. The van der Waals surface area contributed by atoms with Gasteiger partial charge in [-0.15, -0.1) is 0 Å². The number of rotatable bonds is 1. The summed E-state index contributed by atoms with van der Waals surface area (Å²) in [4.78, 5) is 12.7. The Morgan fingerprint density at radius 2 is 2.00 bits per heavy atom. The van der Waals surface area contributed by atoms with E-state index >= 15 is 0 Å². The number of aldehydes is 1. The van der Waals surface area contributed by atoms with Crippen LogP contribution in [-0.2, 0) is 4.79 Å². The lowest BCUT2D eigenvalue weighted by molar-refractivity contribution is -0.106. The largest absolute Gasteiger partial charge is 0.387 e. The van der Waals surface area contributed by atoms with Crippen molar-refractivity contribution in [3.05, 3.63) is 24.5 Å². The minimum atomic E-state index is 0.750. The Balaban J connectivity index is 0. The molecule has 0 amide bonds. The number of anilines is 1. The summed E-state index contributed by atoms with van der Waals surface area (Å²) in [7, 11) is 1.87. The Bertz CT molecular complexity index is 187. The maximum atomic E-state index is 8.81. The van der Waals surface area contributed by atoms with Crippen molar-refractivity contribution in [2.75, 3.05) is 12.4 Å². The molecule has 0 unspecified atom stereocenters. The highest BCUT2D eigenvalue weighted by Crippen LogP contribution is 1.98. The van der Waals surface area contributed by atoms with Gasteiger partial charge in [0.25, 0.3) is 0 Å². The Labute approximate surface area is 80.2 Å². The van der Waals surface area contributed by atoms with Crippen LogP contribution < -0.4 is 5.32 Å². The van der Waals surface area contributed by atoms with Crippen molar-refractivity contribution in [1.29, 1.82) is 0 Å². The van der Waals surface area contributed by atoms with E-state index in [1.54, 1.807) is 12.4 Å². The summed E-state index contributed by atoms with van der Waals surface area (Å²) in [5.41, 5.74) is 1.05. The highest BCUT2D eigenvalue weighted by Gasteiger charge is 1.79. The maximum absolute atomic E-state index is 8.81. The van der Waals surface area contributed by atoms with E-state index < -0.39 is 0 Å². The fraction of sp³-hybridized carbons (Fsp3) is 0.400. The molecule has 1 heterocycles. The summed E-state index contributed by atoms with van der Waals surface area (Å²) in [5.74, 6) is 0. The van der Waals surface area contributed by atoms with Crippen molar-refractivity contribution in [3.63, 3.8) is 0 Å². The number of hydrogen-bond donors (Lipinski definition) is 1. The monoisotopic (exact) mass is 182 g/mol. The van der Waals surface area contributed by atoms with Gasteiger partial charge in [0.1, 0.15) is 6.29 Å². The van der Waals surface area contributed by atoms with E-state index in [2.05, 4.69) is 10.3 Å². The van der Waals surface area contributed by atoms with E-state index in [1.165, 1.54) is 6.92 Å². The van der Waals surface area contributed by atoms with Crippen LogP contribution in [0.4, 0.5) is 5.69 Å². The number of carbonyl (C=O) groups excluding carboxylic acids is 1. The molecule has 0 aromatic carbocycles. The van der Waals surface area contributed by atoms with Gasteiger partial charge in [-0.2, -0.15) is 0 Å². The topological polar surface area (TPSA) is 42.0 Å². The predicted molar refractivity (Wildman–Crippen MR) is 56.9 cm³/mol. The lowest BCUT2D eigenvalue weighted by Crippen LogP contribution is -1.86. The van der Waals surface area contributed by atoms with Crippen LogP contribution >= 0.6 is 0 Å². The van der Waals surface area contributed by atoms with Crippen LogP contribution in [0.25, 0.3) is 0 Å². The van der Waals surface area contributed by atoms with Crippen LogP contribution in [-0.4, -0.2) is 18.3 Å². The molecule has 0 fully saturated rings. The standard InChI is InChI=1S/C6H8N2.C2H4O.C2H6/c1-7-6-3-2-4-8-5-6;1-2-3;1-2/h2-5,7H,1H3;2H,1H3;1-2H3. The molecule has 0 aliphatic carbocycles. The zero-order valence-electron chi connectivity index (χ0n) is 8.74. The number of hydrogen-bond acceptors (Lipinski definition) is 3. The zero-order chi connectivity index (χ0) is 10.5. The second-order valence-corrected chi connectivity index (χ2v) is 1.73. The summed E-state index contributed by atoms with van der Waals surface area (Å²) in [6.45, 7) is 5.44. The van der Waals surface area contributed by atoms with Gasteiger partial charge in [0.2, 0.25) is 0 Å². The first-order chi connectivity index (χ1) is 6.35. The molecule has 74 valence electrons. The normalized spacial score (nSPS) is 6.77. The lowest BCUT2D eigenvalue weighted by Gasteiger charge is -1.93. The van der Waals surface area contributed by atoms with Crippen molar-refractivity contribution in [2.24, 2.45) is 0 Å². The van der Waals surface area contributed by atoms with Gasteiger partial charge in [-0.05, 0) is 19.1 Å². The van der Waals surface area contributed by atoms with Gasteiger partial charge < -0.3 is 10.1 Å². The van der Waals surface area contributed by atoms with E-state index in [0.717, 1.165) is 12.0 Å². The summed E-state index contributed by atoms with van der Waals surface area (Å²) >= 11 is 0. The van der Waals surface area contributed by atoms with E-state index in [9.17, 15) is 0 Å². The van der Waals surface area contributed by atoms with Gasteiger partial charge in [0.05, 0.1) is 5.69 Å². The molecular weight excluding hydrogens is 164 g/mol. The number of aromatic nitrogens is 1. The first-order valence-electron chi connectivity index (χ1n) is 4.32. The number of pyridine rings is 1. The fourth-order valence-corrected chi connectivity index (χ4v) is 0.511. The van der Waals surface area contributed by atoms with Crippen molar-refractivity contribution < 1.29 is 4.79 Å². The molecule has 0 spiro atoms. The van der Waals surface area contributed by atoms with Gasteiger partial charge in [-0.25, -0.2) is 0 Å². The molecule has 1 aromatic heterocycles. The number of nitrogens with zero attached hydrogens (tertiary/aromatic N) is 1. The smallest absolute Gasteiger partial charge is 0.116 e. The SMILES string of the molecule is CC.CC=O.CNc1cccnc1. The highest BCUT2D eigenvalue weighted by atomic mass is 16.1. The summed E-state index contributed by atoms with van der Waals surface area (Å²) < 4.78 is 0. The Hall–Kier alpha value is -1.38. The van der Waals surface area contributed by atoms with Crippen molar-refractivity contribution in [1.82, 2.24) is 4.98 Å². The fourth-order valence-electron chi connectivity index (χ4n) is 0.511. The summed E-state index contributed by atoms with van der Waals surface area (Å²) in [6.07, 6.45) is 4.28. The third-order valence-electron chi connectivity index (χ3n) is 0.950. The van der Waals surface area contributed by atoms with E-state index in [4.69, 9.17) is 4.79 Å². The van der Waals surface area contributed by atoms with Crippen molar-refractivity contribution >= 4 is 12.0 Å². The predicted octanol–water partition coefficient (Wildman–Crippen LogP) is 2.35. The molecule has 0 saturated carbocycles. The van der Waals surface area contributed by atoms with Gasteiger partial charge >= 0.3 is 0 Å². The van der Waals surface area contributed by atoms with Crippen LogP contribution in [0.3, 0.4) is 0 Å². The maximum Gasteiger partial charge on any atom is 0.116 e. The molecule has 1 rings (SSSR count). The van der Waals surface area contributed by atoms with E-state index in [0.29, 0.717) is 0 Å². The second kappa shape index (κ2) is 13.2. The van der Waals surface area contributed by atoms with Gasteiger partial charge in [0.15, 0.2) is 0 Å². The van der Waals surface area contributed by atoms with Crippen LogP contribution in [0.1, 0.15) is 20.8 Å². The molecule has 0 atom stereocenters. The molecular formula is C10H18N2O. The molecule has 0 bridgehead atoms. The molecule has 0 saturated heterocycles. The minimum Gasteiger partial charge on any atom is -0.387 e. The lowest BCUT2D eigenvalue weighted by atomic mass is 10.4. The summed E-state index contributed by atoms with van der Waals surface area (Å²) in [6, 6.07) is 3.86. The molecule has 3 nitrogen and oxygen atoms in total. The summed E-state index contributed by atoms with van der Waals surface area (Å²) in [5, 5.41) is 2.96. The Morgan fingerprint density at radius 1 is 1.46 bits per heavy atom. The Kier molecular flexibility index (Phi) is 14.4. The average Bonchev–Trinajstić information content (AvgIpc) is 2.23. The zero-order valence-corrected chi connectivity index (χ0v) is 8.74. The quantitative estimate of drug-likeness (QED) is 0.678. The molecule has 13 heavy (non-hydrogen) atoms. The van der Waals surface area contributed by atoms with Crippen LogP contribution in [0.2, 0.25) is 0 Å². The first-order valence-corrected chi connectivity index (χ1v) is 4.32.